The molecule has 1 N–H and O–H groups in total. The first-order chi connectivity index (χ1) is 5.29. The molecule has 2 atom stereocenters. The summed E-state index contributed by atoms with van der Waals surface area (Å²) in [5.41, 5.74) is -0.558. The maximum absolute atomic E-state index is 11.3. The molecule has 68 valence electrons. The van der Waals surface area contributed by atoms with Crippen LogP contribution in [-0.4, -0.2) is 16.5 Å². The summed E-state index contributed by atoms with van der Waals surface area (Å²) < 4.78 is 0. The van der Waals surface area contributed by atoms with Crippen molar-refractivity contribution in [3.8, 4) is 0 Å². The summed E-state index contributed by atoms with van der Waals surface area (Å²) in [6.45, 7) is 8.88. The largest absolute Gasteiger partial charge is 0.389 e. The zero-order valence-corrected chi connectivity index (χ0v) is 7.98. The molecular weight excluding hydrogens is 152 g/mol. The number of hydrogen-bond acceptors (Lipinski definition) is 2. The van der Waals surface area contributed by atoms with Crippen LogP contribution in [0.25, 0.3) is 0 Å². The first-order valence-corrected chi connectivity index (χ1v) is 4.20. The Balaban J connectivity index is 3.05. The van der Waals surface area contributed by atoms with Gasteiger partial charge in [-0.2, -0.15) is 0 Å². The van der Waals surface area contributed by atoms with Crippen molar-refractivity contribution in [3.63, 3.8) is 0 Å². The van der Waals surface area contributed by atoms with Crippen LogP contribution in [0.2, 0.25) is 0 Å². The molecule has 1 rings (SSSR count). The Morgan fingerprint density at radius 3 is 2.17 bits per heavy atom. The molecule has 12 heavy (non-hydrogen) atoms. The van der Waals surface area contributed by atoms with Crippen LogP contribution in [0.15, 0.2) is 12.2 Å². The van der Waals surface area contributed by atoms with Crippen molar-refractivity contribution in [2.45, 2.75) is 39.2 Å². The SMILES string of the molecule is C=C1C[C@](C)(O)[C@@](C)(C(C)=O)C1. The van der Waals surface area contributed by atoms with Gasteiger partial charge in [-0.1, -0.05) is 12.2 Å². The van der Waals surface area contributed by atoms with Crippen molar-refractivity contribution in [1.29, 1.82) is 0 Å². The highest BCUT2D eigenvalue weighted by atomic mass is 16.3. The Hall–Kier alpha value is -0.630. The van der Waals surface area contributed by atoms with Crippen LogP contribution in [0, 0.1) is 5.41 Å². The number of aliphatic hydroxyl groups is 1. The van der Waals surface area contributed by atoms with Crippen LogP contribution < -0.4 is 0 Å². The van der Waals surface area contributed by atoms with Crippen molar-refractivity contribution < 1.29 is 9.90 Å². The molecule has 1 aliphatic rings. The number of ketones is 1. The molecule has 0 amide bonds. The van der Waals surface area contributed by atoms with E-state index >= 15 is 0 Å². The predicted molar refractivity (Wildman–Crippen MR) is 47.8 cm³/mol. The molecule has 0 saturated heterocycles. The smallest absolute Gasteiger partial charge is 0.138 e. The summed E-state index contributed by atoms with van der Waals surface area (Å²) in [7, 11) is 0. The van der Waals surface area contributed by atoms with Gasteiger partial charge < -0.3 is 5.11 Å². The van der Waals surface area contributed by atoms with Gasteiger partial charge >= 0.3 is 0 Å². The van der Waals surface area contributed by atoms with E-state index in [0.29, 0.717) is 12.8 Å². The average Bonchev–Trinajstić information content (AvgIpc) is 2.02. The van der Waals surface area contributed by atoms with E-state index in [4.69, 9.17) is 0 Å². The Morgan fingerprint density at radius 1 is 1.50 bits per heavy atom. The number of carbonyl (C=O) groups excluding carboxylic acids is 1. The van der Waals surface area contributed by atoms with Crippen molar-refractivity contribution >= 4 is 5.78 Å². The highest BCUT2D eigenvalue weighted by molar-refractivity contribution is 5.84. The lowest BCUT2D eigenvalue weighted by molar-refractivity contribution is -0.137. The fraction of sp³-hybridized carbons (Fsp3) is 0.700. The number of hydrogen-bond donors (Lipinski definition) is 1. The molecule has 2 nitrogen and oxygen atoms in total. The van der Waals surface area contributed by atoms with Crippen LogP contribution in [0.4, 0.5) is 0 Å². The predicted octanol–water partition coefficient (Wildman–Crippen LogP) is 1.68. The van der Waals surface area contributed by atoms with Gasteiger partial charge in [-0.15, -0.1) is 0 Å². The van der Waals surface area contributed by atoms with E-state index in [9.17, 15) is 9.90 Å². The molecule has 0 radical (unpaired) electrons. The van der Waals surface area contributed by atoms with Gasteiger partial charge in [0.05, 0.1) is 11.0 Å². The lowest BCUT2D eigenvalue weighted by Gasteiger charge is -2.33. The zero-order chi connectivity index (χ0) is 9.57. The summed E-state index contributed by atoms with van der Waals surface area (Å²) in [6.07, 6.45) is 1.17. The molecule has 0 aromatic heterocycles. The topological polar surface area (TPSA) is 37.3 Å². The van der Waals surface area contributed by atoms with E-state index in [1.807, 2.05) is 6.92 Å². The molecule has 2 heteroatoms. The van der Waals surface area contributed by atoms with E-state index in [1.54, 1.807) is 6.92 Å². The minimum atomic E-state index is -0.907. The molecule has 0 aromatic carbocycles. The van der Waals surface area contributed by atoms with Gasteiger partial charge in [0, 0.05) is 0 Å². The van der Waals surface area contributed by atoms with Gasteiger partial charge in [-0.25, -0.2) is 0 Å². The Morgan fingerprint density at radius 2 is 2.00 bits per heavy atom. The zero-order valence-electron chi connectivity index (χ0n) is 7.98. The highest BCUT2D eigenvalue weighted by Gasteiger charge is 2.52. The summed E-state index contributed by atoms with van der Waals surface area (Å²) in [6, 6.07) is 0. The first kappa shape index (κ1) is 9.46. The molecule has 0 bridgehead atoms. The molecule has 0 aromatic rings. The highest BCUT2D eigenvalue weighted by Crippen LogP contribution is 2.48. The van der Waals surface area contributed by atoms with Crippen molar-refractivity contribution in [3.05, 3.63) is 12.2 Å². The van der Waals surface area contributed by atoms with Crippen LogP contribution >= 0.6 is 0 Å². The fourth-order valence-electron chi connectivity index (χ4n) is 1.94. The van der Waals surface area contributed by atoms with E-state index in [2.05, 4.69) is 6.58 Å². The monoisotopic (exact) mass is 168 g/mol. The standard InChI is InChI=1S/C10H16O2/c1-7-5-9(3,8(2)11)10(4,12)6-7/h12H,1,5-6H2,2-4H3/t9-,10+/m1/s1. The van der Waals surface area contributed by atoms with Crippen LogP contribution in [0.5, 0.6) is 0 Å². The average molecular weight is 168 g/mol. The van der Waals surface area contributed by atoms with Crippen molar-refractivity contribution in [2.24, 2.45) is 5.41 Å². The fourth-order valence-corrected chi connectivity index (χ4v) is 1.94. The first-order valence-electron chi connectivity index (χ1n) is 4.20. The van der Waals surface area contributed by atoms with Gasteiger partial charge in [0.15, 0.2) is 0 Å². The molecule has 0 aliphatic heterocycles. The molecule has 1 saturated carbocycles. The third kappa shape index (κ3) is 1.11. The van der Waals surface area contributed by atoms with Crippen LogP contribution in [0.3, 0.4) is 0 Å². The summed E-state index contributed by atoms with van der Waals surface area (Å²) in [5, 5.41) is 9.97. The second-order valence-electron chi connectivity index (χ2n) is 4.27. The Kier molecular flexibility index (Phi) is 1.91. The number of carbonyl (C=O) groups is 1. The number of rotatable bonds is 1. The van der Waals surface area contributed by atoms with Crippen molar-refractivity contribution in [2.75, 3.05) is 0 Å². The van der Waals surface area contributed by atoms with Gasteiger partial charge in [-0.3, -0.25) is 4.79 Å². The summed E-state index contributed by atoms with van der Waals surface area (Å²) in [5.74, 6) is 0.0474. The van der Waals surface area contributed by atoms with Gasteiger partial charge in [0.2, 0.25) is 0 Å². The van der Waals surface area contributed by atoms with Crippen LogP contribution in [-0.2, 0) is 4.79 Å². The normalized spacial score (nSPS) is 41.8. The van der Waals surface area contributed by atoms with Crippen molar-refractivity contribution in [1.82, 2.24) is 0 Å². The Labute approximate surface area is 73.3 Å². The summed E-state index contributed by atoms with van der Waals surface area (Å²) >= 11 is 0. The van der Waals surface area contributed by atoms with E-state index < -0.39 is 11.0 Å². The van der Waals surface area contributed by atoms with E-state index in [0.717, 1.165) is 5.57 Å². The molecule has 0 spiro atoms. The van der Waals surface area contributed by atoms with E-state index in [-0.39, 0.29) is 5.78 Å². The third-order valence-corrected chi connectivity index (χ3v) is 3.16. The lowest BCUT2D eigenvalue weighted by atomic mass is 9.74. The minimum Gasteiger partial charge on any atom is -0.389 e. The number of Topliss-reactive ketones (excluding diaryl/α,β-unsaturated/α-hetero) is 1. The molecule has 0 unspecified atom stereocenters. The maximum Gasteiger partial charge on any atom is 0.138 e. The van der Waals surface area contributed by atoms with Gasteiger partial charge in [0.25, 0.3) is 0 Å². The molecule has 1 fully saturated rings. The molecular formula is C10H16O2. The maximum atomic E-state index is 11.3. The lowest BCUT2D eigenvalue weighted by Crippen LogP contribution is -2.43. The van der Waals surface area contributed by atoms with Crippen LogP contribution in [0.1, 0.15) is 33.6 Å². The summed E-state index contributed by atoms with van der Waals surface area (Å²) in [4.78, 5) is 11.3. The second kappa shape index (κ2) is 2.43. The molecule has 0 heterocycles. The van der Waals surface area contributed by atoms with Gasteiger partial charge in [0.1, 0.15) is 5.78 Å². The Bertz CT molecular complexity index is 240. The van der Waals surface area contributed by atoms with Gasteiger partial charge in [-0.05, 0) is 33.6 Å². The quantitative estimate of drug-likeness (QED) is 0.605. The third-order valence-electron chi connectivity index (χ3n) is 3.16. The van der Waals surface area contributed by atoms with E-state index in [1.165, 1.54) is 6.92 Å². The minimum absolute atomic E-state index is 0.0474. The molecule has 1 aliphatic carbocycles. The second-order valence-corrected chi connectivity index (χ2v) is 4.27.